The second-order valence-electron chi connectivity index (χ2n) is 3.99. The van der Waals surface area contributed by atoms with Gasteiger partial charge in [-0.05, 0) is 20.3 Å². The van der Waals surface area contributed by atoms with Gasteiger partial charge in [0.25, 0.3) is 0 Å². The zero-order valence-electron chi connectivity index (χ0n) is 10.4. The van der Waals surface area contributed by atoms with Crippen LogP contribution in [0.25, 0.3) is 5.13 Å². The number of thiazole rings is 1. The number of hydrogen-bond donors (Lipinski definition) is 1. The van der Waals surface area contributed by atoms with Gasteiger partial charge < -0.3 is 5.73 Å². The van der Waals surface area contributed by atoms with Gasteiger partial charge in [0.2, 0.25) is 5.13 Å². The van der Waals surface area contributed by atoms with Crippen molar-refractivity contribution in [1.82, 2.24) is 20.0 Å². The van der Waals surface area contributed by atoms with E-state index in [2.05, 4.69) is 29.1 Å². The Hall–Kier alpha value is -1.27. The highest BCUT2D eigenvalue weighted by Crippen LogP contribution is 2.22. The van der Waals surface area contributed by atoms with Gasteiger partial charge in [-0.25, -0.2) is 4.98 Å². The Morgan fingerprint density at radius 1 is 1.35 bits per heavy atom. The van der Waals surface area contributed by atoms with Crippen molar-refractivity contribution in [2.75, 3.05) is 0 Å². The molecule has 2 aromatic heterocycles. The lowest BCUT2D eigenvalue weighted by Crippen LogP contribution is -2.05. The summed E-state index contributed by atoms with van der Waals surface area (Å²) < 4.78 is 1.83. The smallest absolute Gasteiger partial charge is 0.212 e. The van der Waals surface area contributed by atoms with Crippen molar-refractivity contribution < 1.29 is 0 Å². The maximum atomic E-state index is 5.67. The number of aromatic nitrogens is 4. The van der Waals surface area contributed by atoms with E-state index < -0.39 is 0 Å². The van der Waals surface area contributed by atoms with Gasteiger partial charge in [0.05, 0.1) is 17.1 Å². The van der Waals surface area contributed by atoms with Gasteiger partial charge in [-0.15, -0.1) is 5.10 Å². The van der Waals surface area contributed by atoms with Crippen molar-refractivity contribution >= 4 is 11.3 Å². The van der Waals surface area contributed by atoms with Gasteiger partial charge in [-0.1, -0.05) is 29.9 Å². The van der Waals surface area contributed by atoms with Crippen LogP contribution in [0.3, 0.4) is 0 Å². The quantitative estimate of drug-likeness (QED) is 0.898. The van der Waals surface area contributed by atoms with E-state index in [0.717, 1.165) is 35.1 Å². The van der Waals surface area contributed by atoms with Crippen molar-refractivity contribution in [2.24, 2.45) is 5.73 Å². The van der Waals surface area contributed by atoms with Crippen LogP contribution in [-0.2, 0) is 13.0 Å². The van der Waals surface area contributed by atoms with Gasteiger partial charge in [-0.3, -0.25) is 0 Å². The zero-order valence-corrected chi connectivity index (χ0v) is 11.2. The van der Waals surface area contributed by atoms with Gasteiger partial charge in [0, 0.05) is 11.4 Å². The lowest BCUT2D eigenvalue weighted by molar-refractivity contribution is 0.739. The molecule has 0 aromatic carbocycles. The molecular formula is C11H17N5S. The second-order valence-corrected chi connectivity index (χ2v) is 5.17. The molecule has 0 radical (unpaired) electrons. The van der Waals surface area contributed by atoms with Gasteiger partial charge in [-0.2, -0.15) is 4.68 Å². The molecule has 2 rings (SSSR count). The number of nitrogens with zero attached hydrogens (tertiary/aromatic N) is 4. The fourth-order valence-electron chi connectivity index (χ4n) is 1.68. The third-order valence-electron chi connectivity index (χ3n) is 2.72. The Morgan fingerprint density at radius 3 is 2.65 bits per heavy atom. The summed E-state index contributed by atoms with van der Waals surface area (Å²) in [5, 5.41) is 9.17. The molecule has 0 aliphatic carbocycles. The summed E-state index contributed by atoms with van der Waals surface area (Å²) in [4.78, 5) is 5.72. The topological polar surface area (TPSA) is 69.6 Å². The van der Waals surface area contributed by atoms with E-state index in [-0.39, 0.29) is 0 Å². The van der Waals surface area contributed by atoms with Crippen LogP contribution in [-0.4, -0.2) is 20.0 Å². The predicted octanol–water partition coefficient (Wildman–Crippen LogP) is 1.75. The minimum absolute atomic E-state index is 0.429. The van der Waals surface area contributed by atoms with Crippen LogP contribution in [0.1, 0.15) is 35.3 Å². The Kier molecular flexibility index (Phi) is 3.54. The number of hydrogen-bond acceptors (Lipinski definition) is 5. The van der Waals surface area contributed by atoms with Crippen molar-refractivity contribution in [3.63, 3.8) is 0 Å². The average molecular weight is 251 g/mol. The molecule has 0 amide bonds. The highest BCUT2D eigenvalue weighted by Gasteiger charge is 2.15. The molecule has 2 heterocycles. The van der Waals surface area contributed by atoms with Crippen LogP contribution >= 0.6 is 11.3 Å². The molecule has 0 aliphatic rings. The molecule has 0 unspecified atom stereocenters. The third kappa shape index (κ3) is 2.23. The predicted molar refractivity (Wildman–Crippen MR) is 68.4 cm³/mol. The van der Waals surface area contributed by atoms with Gasteiger partial charge in [0.1, 0.15) is 0 Å². The molecule has 5 nitrogen and oxygen atoms in total. The Morgan fingerprint density at radius 2 is 2.12 bits per heavy atom. The molecule has 0 saturated heterocycles. The van der Waals surface area contributed by atoms with Crippen LogP contribution in [0.4, 0.5) is 0 Å². The fourth-order valence-corrected chi connectivity index (χ4v) is 2.56. The highest BCUT2D eigenvalue weighted by atomic mass is 32.1. The summed E-state index contributed by atoms with van der Waals surface area (Å²) in [5.74, 6) is 0. The fraction of sp³-hybridized carbons (Fsp3) is 0.545. The Bertz CT molecular complexity index is 494. The van der Waals surface area contributed by atoms with E-state index in [0.29, 0.717) is 6.54 Å². The maximum absolute atomic E-state index is 5.67. The molecule has 0 aliphatic heterocycles. The lowest BCUT2D eigenvalue weighted by atomic mass is 10.2. The summed E-state index contributed by atoms with van der Waals surface area (Å²) >= 11 is 1.64. The Balaban J connectivity index is 2.47. The van der Waals surface area contributed by atoms with E-state index >= 15 is 0 Å². The Labute approximate surface area is 105 Å². The zero-order chi connectivity index (χ0) is 12.4. The summed E-state index contributed by atoms with van der Waals surface area (Å²) in [5.41, 5.74) is 8.69. The van der Waals surface area contributed by atoms with E-state index in [4.69, 9.17) is 5.73 Å². The van der Waals surface area contributed by atoms with E-state index in [1.807, 2.05) is 11.6 Å². The molecule has 0 bridgehead atoms. The van der Waals surface area contributed by atoms with Crippen molar-refractivity contribution in [1.29, 1.82) is 0 Å². The molecule has 0 saturated carbocycles. The molecule has 2 aromatic rings. The van der Waals surface area contributed by atoms with Crippen molar-refractivity contribution in [3.05, 3.63) is 22.0 Å². The van der Waals surface area contributed by atoms with Crippen LogP contribution < -0.4 is 5.73 Å². The molecule has 2 N–H and O–H groups in total. The summed E-state index contributed by atoms with van der Waals surface area (Å²) in [7, 11) is 0. The molecule has 0 atom stereocenters. The monoisotopic (exact) mass is 251 g/mol. The van der Waals surface area contributed by atoms with Crippen LogP contribution in [0.2, 0.25) is 0 Å². The average Bonchev–Trinajstić information content (AvgIpc) is 2.84. The largest absolute Gasteiger partial charge is 0.325 e. The van der Waals surface area contributed by atoms with Crippen molar-refractivity contribution in [2.45, 2.75) is 40.2 Å². The first kappa shape index (κ1) is 12.2. The summed E-state index contributed by atoms with van der Waals surface area (Å²) in [6.45, 7) is 6.64. The molecule has 6 heteroatoms. The SMILES string of the molecule is CCCc1c(CN)nnn1-c1nc(C)c(C)s1. The third-order valence-corrected chi connectivity index (χ3v) is 3.77. The summed E-state index contributed by atoms with van der Waals surface area (Å²) in [6, 6.07) is 0. The number of aryl methyl sites for hydroxylation is 2. The highest BCUT2D eigenvalue weighted by molar-refractivity contribution is 7.14. The standard InChI is InChI=1S/C11H17N5S/c1-4-5-10-9(6-12)14-15-16(10)11-13-7(2)8(3)17-11/h4-6,12H2,1-3H3. The molecule has 0 spiro atoms. The number of nitrogens with two attached hydrogens (primary N) is 1. The van der Waals surface area contributed by atoms with Gasteiger partial charge in [0.15, 0.2) is 0 Å². The molecule has 17 heavy (non-hydrogen) atoms. The van der Waals surface area contributed by atoms with Crippen LogP contribution in [0, 0.1) is 13.8 Å². The lowest BCUT2D eigenvalue weighted by Gasteiger charge is -2.02. The van der Waals surface area contributed by atoms with E-state index in [1.54, 1.807) is 11.3 Å². The van der Waals surface area contributed by atoms with E-state index in [1.165, 1.54) is 4.88 Å². The number of rotatable bonds is 4. The first-order chi connectivity index (χ1) is 8.17. The first-order valence-electron chi connectivity index (χ1n) is 5.75. The second kappa shape index (κ2) is 4.93. The normalized spacial score (nSPS) is 11.1. The molecule has 92 valence electrons. The van der Waals surface area contributed by atoms with Crippen LogP contribution in [0.5, 0.6) is 0 Å². The van der Waals surface area contributed by atoms with Crippen molar-refractivity contribution in [3.8, 4) is 5.13 Å². The molecular weight excluding hydrogens is 234 g/mol. The maximum Gasteiger partial charge on any atom is 0.212 e. The van der Waals surface area contributed by atoms with E-state index in [9.17, 15) is 0 Å². The summed E-state index contributed by atoms with van der Waals surface area (Å²) in [6.07, 6.45) is 1.97. The minimum Gasteiger partial charge on any atom is -0.325 e. The first-order valence-corrected chi connectivity index (χ1v) is 6.57. The van der Waals surface area contributed by atoms with Crippen LogP contribution in [0.15, 0.2) is 0 Å². The minimum atomic E-state index is 0.429. The van der Waals surface area contributed by atoms with Gasteiger partial charge >= 0.3 is 0 Å². The molecule has 0 fully saturated rings.